The van der Waals surface area contributed by atoms with E-state index in [4.69, 9.17) is 9.97 Å². The van der Waals surface area contributed by atoms with Crippen molar-refractivity contribution in [1.29, 1.82) is 0 Å². The third-order valence-electron chi connectivity index (χ3n) is 13.9. The summed E-state index contributed by atoms with van der Waals surface area (Å²) >= 11 is 0. The van der Waals surface area contributed by atoms with Crippen molar-refractivity contribution >= 4 is 95.0 Å². The molecular weight excluding hydrogens is 1000 g/mol. The fraction of sp³-hybridized carbons (Fsp3) is 0.0508. The van der Waals surface area contributed by atoms with E-state index >= 15 is 0 Å². The van der Waals surface area contributed by atoms with Crippen LogP contribution in [0.15, 0.2) is 213 Å². The van der Waals surface area contributed by atoms with Gasteiger partial charge in [-0.1, -0.05) is 158 Å². The number of pyridine rings is 2. The van der Waals surface area contributed by atoms with Crippen LogP contribution in [0.1, 0.15) is 25.0 Å². The molecule has 0 amide bonds. The molecule has 7 heteroatoms. The average molecular weight is 1040 g/mol. The van der Waals surface area contributed by atoms with Gasteiger partial charge in [-0.2, -0.15) is 23.4 Å². The first-order valence-corrected chi connectivity index (χ1v) is 24.3. The number of imidazole rings is 1. The molecule has 0 unspecified atom stereocenters. The maximum Gasteiger partial charge on any atom is 2.00 e. The number of para-hydroxylation sites is 3. The molecule has 12 aromatic rings. The molecule has 0 atom stereocenters. The van der Waals surface area contributed by atoms with Gasteiger partial charge in [-0.3, -0.25) is 4.98 Å². The van der Waals surface area contributed by atoms with E-state index in [0.29, 0.717) is 0 Å². The van der Waals surface area contributed by atoms with E-state index in [1.165, 1.54) is 43.6 Å². The molecule has 0 aliphatic carbocycles. The van der Waals surface area contributed by atoms with Gasteiger partial charge in [0.05, 0.1) is 11.3 Å². The summed E-state index contributed by atoms with van der Waals surface area (Å²) in [7, 11) is -3.20. The van der Waals surface area contributed by atoms with Crippen LogP contribution in [-0.2, 0) is 26.5 Å². The van der Waals surface area contributed by atoms with Crippen molar-refractivity contribution in [2.45, 2.75) is 19.3 Å². The largest absolute Gasteiger partial charge is 2.00 e. The topological polar surface area (TPSA) is 38.4 Å². The zero-order chi connectivity index (χ0) is 43.3. The molecule has 0 saturated heterocycles. The molecule has 0 N–H and O–H groups in total. The minimum atomic E-state index is -3.20. The van der Waals surface area contributed by atoms with Crippen molar-refractivity contribution in [2.24, 2.45) is 0 Å². The summed E-state index contributed by atoms with van der Waals surface area (Å²) in [5.41, 5.74) is 9.90. The van der Waals surface area contributed by atoms with Gasteiger partial charge in [-0.05, 0) is 74.7 Å². The Kier molecular flexibility index (Phi) is 9.35. The monoisotopic (exact) mass is 1040 g/mol. The maximum absolute atomic E-state index is 5.05. The van der Waals surface area contributed by atoms with E-state index in [9.17, 15) is 0 Å². The zero-order valence-electron chi connectivity index (χ0n) is 36.3. The van der Waals surface area contributed by atoms with Crippen LogP contribution in [0.2, 0.25) is 0 Å². The van der Waals surface area contributed by atoms with Crippen LogP contribution in [0.3, 0.4) is 0 Å². The fourth-order valence-electron chi connectivity index (χ4n) is 11.0. The van der Waals surface area contributed by atoms with Crippen molar-refractivity contribution in [2.75, 3.05) is 4.90 Å². The Labute approximate surface area is 398 Å². The molecule has 0 spiro atoms. The quantitative estimate of drug-likeness (QED) is 0.0721. The number of aromatic nitrogens is 4. The maximum atomic E-state index is 5.05. The Balaban J connectivity index is 0.00000456. The van der Waals surface area contributed by atoms with Crippen LogP contribution < -0.4 is 25.6 Å². The van der Waals surface area contributed by atoms with Gasteiger partial charge >= 0.3 is 21.1 Å². The Bertz CT molecular complexity index is 3770. The van der Waals surface area contributed by atoms with Crippen LogP contribution in [-0.4, -0.2) is 27.0 Å². The van der Waals surface area contributed by atoms with Crippen molar-refractivity contribution in [3.8, 4) is 5.82 Å². The number of benzene rings is 8. The van der Waals surface area contributed by atoms with Crippen molar-refractivity contribution in [3.05, 3.63) is 236 Å². The van der Waals surface area contributed by atoms with Gasteiger partial charge in [0, 0.05) is 46.4 Å². The van der Waals surface area contributed by atoms with Crippen LogP contribution in [0.4, 0.5) is 17.1 Å². The molecule has 66 heavy (non-hydrogen) atoms. The predicted octanol–water partition coefficient (Wildman–Crippen LogP) is 11.2. The van der Waals surface area contributed by atoms with Crippen molar-refractivity contribution in [3.63, 3.8) is 0 Å². The number of fused-ring (bicyclic) bond motifs is 12. The Hall–Kier alpha value is -7.37. The number of rotatable bonds is 6. The third-order valence-corrected chi connectivity index (χ3v) is 18.5. The Morgan fingerprint density at radius 1 is 0.515 bits per heavy atom. The van der Waals surface area contributed by atoms with E-state index < -0.39 is 8.07 Å². The predicted molar refractivity (Wildman–Crippen MR) is 270 cm³/mol. The summed E-state index contributed by atoms with van der Waals surface area (Å²) in [5, 5.41) is 10.4. The Morgan fingerprint density at radius 3 is 1.91 bits per heavy atom. The molecular formula is C59H41N5PtSi. The first-order valence-electron chi connectivity index (χ1n) is 22.3. The van der Waals surface area contributed by atoms with Crippen molar-refractivity contribution in [1.82, 2.24) is 18.9 Å². The summed E-state index contributed by atoms with van der Waals surface area (Å²) < 4.78 is 4.54. The van der Waals surface area contributed by atoms with E-state index in [0.717, 1.165) is 60.2 Å². The molecule has 1 aliphatic rings. The number of hydrogen-bond donors (Lipinski definition) is 0. The molecule has 316 valence electrons. The molecule has 0 saturated carbocycles. The van der Waals surface area contributed by atoms with E-state index in [-0.39, 0.29) is 26.5 Å². The molecule has 0 radical (unpaired) electrons. The second kappa shape index (κ2) is 15.4. The zero-order valence-corrected chi connectivity index (χ0v) is 39.5. The second-order valence-electron chi connectivity index (χ2n) is 17.6. The summed E-state index contributed by atoms with van der Waals surface area (Å²) in [5.74, 6) is 0.847. The summed E-state index contributed by atoms with van der Waals surface area (Å²) in [6.07, 6.45) is 5.85. The van der Waals surface area contributed by atoms with Gasteiger partial charge in [0.2, 0.25) is 0 Å². The molecule has 5 nitrogen and oxygen atoms in total. The van der Waals surface area contributed by atoms with Gasteiger partial charge in [-0.25, -0.2) is 4.98 Å². The van der Waals surface area contributed by atoms with E-state index in [2.05, 4.69) is 234 Å². The SMILES string of the molecule is CC1(C)c2ccccc2N(c2ccccc2)c2c1ccc1c2c2ccc([Si](c3[c-]c4c(cc3)c3ccccc3n3ccnc43)(c3ccccc3)c3ccccc3)[c-]c2n1-c1ccccn1.[Pt+2]. The van der Waals surface area contributed by atoms with Crippen LogP contribution in [0.5, 0.6) is 0 Å². The standard InChI is InChI=1S/C59H41N5Si.Pt/c1-59(2)49-25-13-15-27-52(49)63(40-18-6-3-7-19-40)57-50(59)33-34-53-56(57)47-32-30-44(39-54(47)64(53)55-28-16-17-35-60-55)65(41-20-8-4-9-21-41,42-22-10-5-11-23-42)43-29-31-45-46-24-12-14-26-51(46)62-37-36-61-58(62)48(45)38-43;/h3-37H,1-2H3;/q-2;+2. The average Bonchev–Trinajstić information content (AvgIpc) is 4.00. The van der Waals surface area contributed by atoms with Gasteiger partial charge in [0.15, 0.2) is 0 Å². The Morgan fingerprint density at radius 2 is 1.17 bits per heavy atom. The number of anilines is 3. The van der Waals surface area contributed by atoms with E-state index in [1.807, 2.05) is 18.5 Å². The third kappa shape index (κ3) is 5.68. The molecule has 1 aliphatic heterocycles. The first kappa shape index (κ1) is 40.2. The molecule has 0 bridgehead atoms. The molecule has 4 aromatic heterocycles. The van der Waals surface area contributed by atoms with Crippen LogP contribution in [0.25, 0.3) is 54.9 Å². The van der Waals surface area contributed by atoms with Gasteiger partial charge < -0.3 is 13.9 Å². The number of nitrogens with zero attached hydrogens (tertiary/aromatic N) is 5. The minimum Gasteiger partial charge on any atom is -0.340 e. The van der Waals surface area contributed by atoms with Crippen LogP contribution >= 0.6 is 0 Å². The van der Waals surface area contributed by atoms with Crippen LogP contribution in [0, 0.1) is 12.1 Å². The molecule has 13 rings (SSSR count). The van der Waals surface area contributed by atoms with Crippen molar-refractivity contribution < 1.29 is 21.1 Å². The summed E-state index contributed by atoms with van der Waals surface area (Å²) in [6, 6.07) is 79.1. The molecule has 0 fully saturated rings. The molecule has 5 heterocycles. The first-order chi connectivity index (χ1) is 32.0. The summed E-state index contributed by atoms with van der Waals surface area (Å²) in [4.78, 5) is 12.5. The summed E-state index contributed by atoms with van der Waals surface area (Å²) in [6.45, 7) is 4.72. The van der Waals surface area contributed by atoms with Gasteiger partial charge in [0.25, 0.3) is 0 Å². The van der Waals surface area contributed by atoms with E-state index in [1.54, 1.807) is 0 Å². The van der Waals surface area contributed by atoms with Gasteiger partial charge in [0.1, 0.15) is 13.9 Å². The number of hydrogen-bond acceptors (Lipinski definition) is 3. The fourth-order valence-corrected chi connectivity index (χ4v) is 15.6. The second-order valence-corrected chi connectivity index (χ2v) is 21.3. The minimum absolute atomic E-state index is 0. The molecule has 8 aromatic carbocycles. The normalized spacial score (nSPS) is 13.3. The van der Waals surface area contributed by atoms with Gasteiger partial charge in [-0.15, -0.1) is 28.8 Å². The smallest absolute Gasteiger partial charge is 0.340 e.